The topological polar surface area (TPSA) is 71.8 Å². The molecule has 0 fully saturated rings. The molecule has 0 spiro atoms. The Balaban J connectivity index is 1.81. The molecule has 7 heteroatoms. The second-order valence-electron chi connectivity index (χ2n) is 5.29. The van der Waals surface area contributed by atoms with Crippen molar-refractivity contribution in [1.29, 1.82) is 0 Å². The van der Waals surface area contributed by atoms with Crippen LogP contribution in [0.15, 0.2) is 29.5 Å². The molecule has 2 heterocycles. The van der Waals surface area contributed by atoms with Crippen molar-refractivity contribution >= 4 is 29.1 Å². The second-order valence-corrected chi connectivity index (χ2v) is 5.69. The van der Waals surface area contributed by atoms with Gasteiger partial charge < -0.3 is 10.6 Å². The number of nitrogens with zero attached hydrogens (tertiary/aromatic N) is 3. The fraction of sp³-hybridized carbons (Fsp3) is 0.267. The molecular formula is C15H16ClN5O. The Bertz CT molecular complexity index is 793. The van der Waals surface area contributed by atoms with E-state index in [-0.39, 0.29) is 5.91 Å². The zero-order valence-corrected chi connectivity index (χ0v) is 13.3. The minimum absolute atomic E-state index is 0.177. The van der Waals surface area contributed by atoms with Gasteiger partial charge in [0.05, 0.1) is 12.1 Å². The number of halogens is 1. The first-order valence-electron chi connectivity index (χ1n) is 6.90. The molecule has 1 aliphatic heterocycles. The molecule has 22 heavy (non-hydrogen) atoms. The molecule has 0 radical (unpaired) electrons. The number of aryl methyl sites for hydroxylation is 2. The third-order valence-corrected chi connectivity index (χ3v) is 3.95. The Morgan fingerprint density at radius 3 is 2.86 bits per heavy atom. The highest BCUT2D eigenvalue weighted by molar-refractivity contribution is 6.31. The fourth-order valence-electron chi connectivity index (χ4n) is 2.29. The predicted octanol–water partition coefficient (Wildman–Crippen LogP) is 2.89. The molecule has 1 aromatic heterocycles. The van der Waals surface area contributed by atoms with Crippen LogP contribution in [-0.4, -0.2) is 20.7 Å². The Morgan fingerprint density at radius 1 is 1.36 bits per heavy atom. The predicted molar refractivity (Wildman–Crippen MR) is 85.9 cm³/mol. The number of aromatic nitrogens is 3. The van der Waals surface area contributed by atoms with E-state index in [1.807, 2.05) is 32.9 Å². The van der Waals surface area contributed by atoms with Crippen LogP contribution in [-0.2, 0) is 11.3 Å². The number of hydrogen-bond acceptors (Lipinski definition) is 4. The summed E-state index contributed by atoms with van der Waals surface area (Å²) in [7, 11) is 0. The van der Waals surface area contributed by atoms with E-state index in [2.05, 4.69) is 20.7 Å². The molecular weight excluding hydrogens is 302 g/mol. The third-order valence-electron chi connectivity index (χ3n) is 3.54. The van der Waals surface area contributed by atoms with E-state index in [9.17, 15) is 4.79 Å². The molecule has 3 rings (SSSR count). The van der Waals surface area contributed by atoms with Crippen LogP contribution >= 0.6 is 11.6 Å². The number of hydrogen-bond donors (Lipinski definition) is 2. The number of carbonyl (C=O) groups is 1. The molecule has 2 N–H and O–H groups in total. The average molecular weight is 318 g/mol. The highest BCUT2D eigenvalue weighted by Crippen LogP contribution is 2.23. The minimum Gasteiger partial charge on any atom is -0.328 e. The van der Waals surface area contributed by atoms with Gasteiger partial charge in [0.15, 0.2) is 0 Å². The van der Waals surface area contributed by atoms with Crippen LogP contribution in [0.25, 0.3) is 0 Å². The maximum Gasteiger partial charge on any atom is 0.255 e. The lowest BCUT2D eigenvalue weighted by molar-refractivity contribution is -0.113. The monoisotopic (exact) mass is 317 g/mol. The van der Waals surface area contributed by atoms with Crippen LogP contribution in [0.2, 0.25) is 5.02 Å². The normalized spacial score (nSPS) is 13.6. The summed E-state index contributed by atoms with van der Waals surface area (Å²) in [5.74, 6) is 1.15. The molecule has 0 atom stereocenters. The summed E-state index contributed by atoms with van der Waals surface area (Å²) < 4.78 is 1.68. The number of amides is 1. The first-order valence-corrected chi connectivity index (χ1v) is 7.27. The van der Waals surface area contributed by atoms with Gasteiger partial charge >= 0.3 is 0 Å². The molecule has 0 unspecified atom stereocenters. The second kappa shape index (κ2) is 5.46. The van der Waals surface area contributed by atoms with Crippen LogP contribution in [0.1, 0.15) is 18.3 Å². The SMILES string of the molecule is CC1=C(C(=O)Nc2ccc(C)c(Cl)c2)Cn2nc(C)nc2N1. The number of benzene rings is 1. The highest BCUT2D eigenvalue weighted by atomic mass is 35.5. The number of anilines is 2. The quantitative estimate of drug-likeness (QED) is 0.893. The van der Waals surface area contributed by atoms with Crippen LogP contribution in [0.4, 0.5) is 11.6 Å². The maximum atomic E-state index is 12.5. The van der Waals surface area contributed by atoms with Gasteiger partial charge in [-0.25, -0.2) is 4.68 Å². The van der Waals surface area contributed by atoms with Crippen molar-refractivity contribution in [2.24, 2.45) is 0 Å². The van der Waals surface area contributed by atoms with Crippen molar-refractivity contribution < 1.29 is 4.79 Å². The summed E-state index contributed by atoms with van der Waals surface area (Å²) in [6.07, 6.45) is 0. The lowest BCUT2D eigenvalue weighted by Gasteiger charge is -2.19. The van der Waals surface area contributed by atoms with Crippen LogP contribution < -0.4 is 10.6 Å². The van der Waals surface area contributed by atoms with E-state index in [0.717, 1.165) is 11.3 Å². The number of nitrogens with one attached hydrogen (secondary N) is 2. The van der Waals surface area contributed by atoms with Crippen molar-refractivity contribution in [3.8, 4) is 0 Å². The maximum absolute atomic E-state index is 12.5. The minimum atomic E-state index is -0.177. The lowest BCUT2D eigenvalue weighted by Crippen LogP contribution is -2.26. The molecule has 0 saturated heterocycles. The van der Waals surface area contributed by atoms with Gasteiger partial charge in [0.1, 0.15) is 5.82 Å². The Labute approximate surface area is 133 Å². The zero-order valence-electron chi connectivity index (χ0n) is 12.6. The zero-order chi connectivity index (χ0) is 15.9. The average Bonchev–Trinajstić information content (AvgIpc) is 2.81. The molecule has 114 valence electrons. The lowest BCUT2D eigenvalue weighted by atomic mass is 10.1. The van der Waals surface area contributed by atoms with Crippen LogP contribution in [0.5, 0.6) is 0 Å². The highest BCUT2D eigenvalue weighted by Gasteiger charge is 2.22. The van der Waals surface area contributed by atoms with E-state index in [1.165, 1.54) is 0 Å². The Hall–Kier alpha value is -2.34. The van der Waals surface area contributed by atoms with E-state index in [0.29, 0.717) is 34.6 Å². The van der Waals surface area contributed by atoms with E-state index >= 15 is 0 Å². The molecule has 2 aromatic rings. The molecule has 0 aliphatic carbocycles. The molecule has 1 aromatic carbocycles. The van der Waals surface area contributed by atoms with Gasteiger partial charge in [-0.1, -0.05) is 17.7 Å². The molecule has 0 bridgehead atoms. The number of allylic oxidation sites excluding steroid dienone is 1. The van der Waals surface area contributed by atoms with Crippen molar-refractivity contribution in [2.45, 2.75) is 27.3 Å². The van der Waals surface area contributed by atoms with Gasteiger partial charge in [-0.05, 0) is 38.5 Å². The van der Waals surface area contributed by atoms with Crippen molar-refractivity contribution in [2.75, 3.05) is 10.6 Å². The fourth-order valence-corrected chi connectivity index (χ4v) is 2.47. The van der Waals surface area contributed by atoms with Gasteiger partial charge in [0.25, 0.3) is 5.91 Å². The Kier molecular flexibility index (Phi) is 3.62. The summed E-state index contributed by atoms with van der Waals surface area (Å²) >= 11 is 6.08. The first kappa shape index (κ1) is 14.6. The van der Waals surface area contributed by atoms with Gasteiger partial charge in [-0.3, -0.25) is 4.79 Å². The molecule has 1 aliphatic rings. The summed E-state index contributed by atoms with van der Waals surface area (Å²) in [4.78, 5) is 16.7. The summed E-state index contributed by atoms with van der Waals surface area (Å²) in [5.41, 5.74) is 3.03. The largest absolute Gasteiger partial charge is 0.328 e. The summed E-state index contributed by atoms with van der Waals surface area (Å²) in [6.45, 7) is 5.97. The standard InChI is InChI=1S/C15H16ClN5O/c1-8-4-5-11(6-13(8)16)19-14(22)12-7-21-15(17-9(12)2)18-10(3)20-21/h4-6H,7H2,1-3H3,(H,19,22)(H,17,18,20). The number of rotatable bonds is 2. The summed E-state index contributed by atoms with van der Waals surface area (Å²) in [6, 6.07) is 5.44. The molecule has 0 saturated carbocycles. The molecule has 6 nitrogen and oxygen atoms in total. The van der Waals surface area contributed by atoms with Crippen LogP contribution in [0.3, 0.4) is 0 Å². The van der Waals surface area contributed by atoms with E-state index < -0.39 is 0 Å². The van der Waals surface area contributed by atoms with Crippen molar-refractivity contribution in [1.82, 2.24) is 14.8 Å². The van der Waals surface area contributed by atoms with Gasteiger partial charge in [0, 0.05) is 16.4 Å². The number of carbonyl (C=O) groups excluding carboxylic acids is 1. The first-order chi connectivity index (χ1) is 10.4. The smallest absolute Gasteiger partial charge is 0.255 e. The number of fused-ring (bicyclic) bond motifs is 1. The van der Waals surface area contributed by atoms with Crippen LogP contribution in [0, 0.1) is 13.8 Å². The van der Waals surface area contributed by atoms with Gasteiger partial charge in [0.2, 0.25) is 5.95 Å². The van der Waals surface area contributed by atoms with E-state index in [1.54, 1.807) is 10.7 Å². The van der Waals surface area contributed by atoms with Gasteiger partial charge in [-0.2, -0.15) is 10.1 Å². The third kappa shape index (κ3) is 2.69. The Morgan fingerprint density at radius 2 is 2.14 bits per heavy atom. The molecule has 1 amide bonds. The van der Waals surface area contributed by atoms with E-state index in [4.69, 9.17) is 11.6 Å². The van der Waals surface area contributed by atoms with Crippen molar-refractivity contribution in [3.05, 3.63) is 45.9 Å². The summed E-state index contributed by atoms with van der Waals surface area (Å²) in [5, 5.41) is 10.8. The van der Waals surface area contributed by atoms with Gasteiger partial charge in [-0.15, -0.1) is 0 Å². The van der Waals surface area contributed by atoms with Crippen molar-refractivity contribution in [3.63, 3.8) is 0 Å².